The molecule has 2 saturated heterocycles. The number of halogens is 1. The van der Waals surface area contributed by atoms with Crippen LogP contribution >= 0.6 is 39.0 Å². The van der Waals surface area contributed by atoms with E-state index in [-0.39, 0.29) is 36.2 Å². The van der Waals surface area contributed by atoms with Crippen LogP contribution in [0.1, 0.15) is 28.6 Å². The molecule has 2 aliphatic rings. The lowest BCUT2D eigenvalue weighted by atomic mass is 10.1. The third kappa shape index (κ3) is 4.29. The highest BCUT2D eigenvalue weighted by molar-refractivity contribution is 9.11. The highest BCUT2D eigenvalue weighted by Gasteiger charge is 2.33. The van der Waals surface area contributed by atoms with Gasteiger partial charge < -0.3 is 15.1 Å². The van der Waals surface area contributed by atoms with E-state index in [9.17, 15) is 14.4 Å². The summed E-state index contributed by atoms with van der Waals surface area (Å²) in [6.45, 7) is 4.46. The number of thioether (sulfide) groups is 1. The predicted octanol–water partition coefficient (Wildman–Crippen LogP) is 3.82. The summed E-state index contributed by atoms with van der Waals surface area (Å²) < 4.78 is 0.896. The van der Waals surface area contributed by atoms with Crippen LogP contribution in [0.3, 0.4) is 0 Å². The Kier molecular flexibility index (Phi) is 6.22. The van der Waals surface area contributed by atoms with Gasteiger partial charge in [-0.25, -0.2) is 0 Å². The van der Waals surface area contributed by atoms with Crippen LogP contribution in [0.4, 0.5) is 11.4 Å². The van der Waals surface area contributed by atoms with Crippen molar-refractivity contribution in [1.29, 1.82) is 0 Å². The summed E-state index contributed by atoms with van der Waals surface area (Å²) in [5, 5.41) is 2.96. The number of carbonyl (C=O) groups is 3. The van der Waals surface area contributed by atoms with E-state index in [4.69, 9.17) is 0 Å². The third-order valence-corrected chi connectivity index (χ3v) is 8.09. The van der Waals surface area contributed by atoms with Crippen molar-refractivity contribution in [3.05, 3.63) is 44.6 Å². The lowest BCUT2D eigenvalue weighted by Gasteiger charge is -2.34. The number of aryl methyl sites for hydroxylation is 1. The summed E-state index contributed by atoms with van der Waals surface area (Å²) in [4.78, 5) is 41.6. The number of thiophene rings is 1. The van der Waals surface area contributed by atoms with E-state index in [0.29, 0.717) is 17.2 Å². The molecule has 0 spiro atoms. The first-order valence-corrected chi connectivity index (χ1v) is 12.5. The zero-order chi connectivity index (χ0) is 21.4. The molecule has 2 aliphatic heterocycles. The Hall–Kier alpha value is -1.84. The molecule has 0 saturated carbocycles. The summed E-state index contributed by atoms with van der Waals surface area (Å²) in [5.74, 6) is 1.36. The van der Waals surface area contributed by atoms with Crippen LogP contribution in [-0.2, 0) is 9.59 Å². The number of nitrogens with one attached hydrogen (secondary N) is 1. The maximum Gasteiger partial charge on any atom is 0.261 e. The number of amides is 3. The molecule has 2 aromatic rings. The van der Waals surface area contributed by atoms with Crippen molar-refractivity contribution in [3.8, 4) is 0 Å². The fourth-order valence-electron chi connectivity index (χ4n) is 3.90. The van der Waals surface area contributed by atoms with Gasteiger partial charge in [0, 0.05) is 36.1 Å². The van der Waals surface area contributed by atoms with Crippen molar-refractivity contribution < 1.29 is 14.4 Å². The van der Waals surface area contributed by atoms with Gasteiger partial charge in [-0.15, -0.1) is 23.1 Å². The van der Waals surface area contributed by atoms with Gasteiger partial charge in [0.2, 0.25) is 11.8 Å². The van der Waals surface area contributed by atoms with Gasteiger partial charge in [0.1, 0.15) is 0 Å². The number of hydrogen-bond donors (Lipinski definition) is 1. The molecule has 0 radical (unpaired) electrons. The van der Waals surface area contributed by atoms with Crippen LogP contribution in [0.2, 0.25) is 0 Å². The monoisotopic (exact) mass is 507 g/mol. The molecule has 3 amide bonds. The summed E-state index contributed by atoms with van der Waals surface area (Å²) in [6, 6.07) is 9.29. The van der Waals surface area contributed by atoms with Crippen molar-refractivity contribution in [2.45, 2.75) is 32.4 Å². The Balaban J connectivity index is 1.47. The summed E-state index contributed by atoms with van der Waals surface area (Å²) in [6.07, 6.45) is 0.276. The van der Waals surface area contributed by atoms with E-state index in [0.717, 1.165) is 26.5 Å². The third-order valence-electron chi connectivity index (χ3n) is 5.30. The van der Waals surface area contributed by atoms with Gasteiger partial charge in [0.15, 0.2) is 0 Å². The van der Waals surface area contributed by atoms with Crippen molar-refractivity contribution in [2.75, 3.05) is 27.9 Å². The van der Waals surface area contributed by atoms with Crippen LogP contribution in [0.25, 0.3) is 0 Å². The Morgan fingerprint density at radius 3 is 2.67 bits per heavy atom. The molecule has 0 bridgehead atoms. The van der Waals surface area contributed by atoms with Gasteiger partial charge >= 0.3 is 0 Å². The molecular formula is C21H22BrN3O3S2. The molecule has 6 nitrogen and oxygen atoms in total. The highest BCUT2D eigenvalue weighted by atomic mass is 79.9. The minimum Gasteiger partial charge on any atom is -0.346 e. The number of anilines is 2. The smallest absolute Gasteiger partial charge is 0.261 e. The first-order chi connectivity index (χ1) is 14.3. The van der Waals surface area contributed by atoms with Gasteiger partial charge in [-0.1, -0.05) is 0 Å². The van der Waals surface area contributed by atoms with Crippen LogP contribution in [0, 0.1) is 6.92 Å². The van der Waals surface area contributed by atoms with E-state index < -0.39 is 0 Å². The largest absolute Gasteiger partial charge is 0.346 e. The van der Waals surface area contributed by atoms with Crippen LogP contribution in [0.5, 0.6) is 0 Å². The first kappa shape index (κ1) is 21.4. The van der Waals surface area contributed by atoms with Gasteiger partial charge in [-0.2, -0.15) is 0 Å². The molecule has 9 heteroatoms. The molecule has 3 heterocycles. The fraction of sp³-hybridized carbons (Fsp3) is 0.381. The number of nitrogens with zero attached hydrogens (tertiary/aromatic N) is 2. The van der Waals surface area contributed by atoms with Gasteiger partial charge in [0.25, 0.3) is 5.91 Å². The van der Waals surface area contributed by atoms with Crippen LogP contribution < -0.4 is 15.1 Å². The van der Waals surface area contributed by atoms with Crippen LogP contribution in [-0.4, -0.2) is 47.9 Å². The van der Waals surface area contributed by atoms with Crippen molar-refractivity contribution in [3.63, 3.8) is 0 Å². The summed E-state index contributed by atoms with van der Waals surface area (Å²) in [7, 11) is 0. The minimum absolute atomic E-state index is 0.0152. The molecule has 1 N–H and O–H groups in total. The minimum atomic E-state index is -0.230. The van der Waals surface area contributed by atoms with E-state index in [1.807, 2.05) is 36.1 Å². The number of carbonyl (C=O) groups excluding carboxylic acids is 3. The molecule has 4 rings (SSSR count). The van der Waals surface area contributed by atoms with Crippen LogP contribution in [0.15, 0.2) is 34.1 Å². The van der Waals surface area contributed by atoms with Gasteiger partial charge in [-0.3, -0.25) is 14.4 Å². The lowest BCUT2D eigenvalue weighted by molar-refractivity contribution is -0.117. The fourth-order valence-corrected chi connectivity index (χ4v) is 6.11. The molecule has 30 heavy (non-hydrogen) atoms. The van der Waals surface area contributed by atoms with E-state index in [2.05, 4.69) is 28.2 Å². The van der Waals surface area contributed by atoms with Crippen molar-refractivity contribution >= 4 is 68.1 Å². The molecular weight excluding hydrogens is 486 g/mol. The molecule has 2 unspecified atom stereocenters. The van der Waals surface area contributed by atoms with E-state index >= 15 is 0 Å². The Bertz CT molecular complexity index is 1010. The predicted molar refractivity (Wildman–Crippen MR) is 126 cm³/mol. The molecule has 0 aliphatic carbocycles. The maximum absolute atomic E-state index is 12.6. The first-order valence-electron chi connectivity index (χ1n) is 9.70. The number of rotatable bonds is 4. The zero-order valence-electron chi connectivity index (χ0n) is 16.7. The number of hydrogen-bond acceptors (Lipinski definition) is 5. The summed E-state index contributed by atoms with van der Waals surface area (Å²) in [5.41, 5.74) is 2.66. The second-order valence-electron chi connectivity index (χ2n) is 7.58. The lowest BCUT2D eigenvalue weighted by Crippen LogP contribution is -2.45. The van der Waals surface area contributed by atoms with E-state index in [1.54, 1.807) is 22.7 Å². The average Bonchev–Trinajstić information content (AvgIpc) is 3.28. The quantitative estimate of drug-likeness (QED) is 0.682. The van der Waals surface area contributed by atoms with Crippen molar-refractivity contribution in [1.82, 2.24) is 5.32 Å². The second kappa shape index (κ2) is 8.72. The SMILES string of the molecule is Cc1cc(N2CC(NC(=O)c3ccc(Br)s3)CC2=O)ccc1N1C(=O)CSCC1C. The Morgan fingerprint density at radius 1 is 1.20 bits per heavy atom. The molecule has 1 aromatic heterocycles. The molecule has 2 atom stereocenters. The van der Waals surface area contributed by atoms with E-state index in [1.165, 1.54) is 11.3 Å². The number of benzene rings is 1. The molecule has 158 valence electrons. The molecule has 2 fully saturated rings. The Labute approximate surface area is 192 Å². The summed E-state index contributed by atoms with van der Waals surface area (Å²) >= 11 is 6.39. The molecule has 1 aromatic carbocycles. The topological polar surface area (TPSA) is 69.7 Å². The zero-order valence-corrected chi connectivity index (χ0v) is 19.9. The highest BCUT2D eigenvalue weighted by Crippen LogP contribution is 2.32. The average molecular weight is 508 g/mol. The standard InChI is InChI=1S/C21H22BrN3O3S2/c1-12-7-15(3-4-16(12)25-13(2)10-29-11-20(25)27)24-9-14(8-19(24)26)23-21(28)17-5-6-18(22)30-17/h3-7,13-14H,8-11H2,1-2H3,(H,23,28). The van der Waals surface area contributed by atoms with Gasteiger partial charge in [-0.05, 0) is 65.7 Å². The normalized spacial score (nSPS) is 22.0. The maximum atomic E-state index is 12.6. The van der Waals surface area contributed by atoms with Gasteiger partial charge in [0.05, 0.1) is 20.5 Å². The van der Waals surface area contributed by atoms with Crippen molar-refractivity contribution in [2.24, 2.45) is 0 Å². The Morgan fingerprint density at radius 2 is 2.00 bits per heavy atom. The second-order valence-corrected chi connectivity index (χ2v) is 11.1.